The molecule has 1 saturated carbocycles. The van der Waals surface area contributed by atoms with Crippen molar-refractivity contribution in [3.8, 4) is 0 Å². The maximum Gasteiger partial charge on any atom is 0.236 e. The Morgan fingerprint density at radius 3 is 2.47 bits per heavy atom. The summed E-state index contributed by atoms with van der Waals surface area (Å²) in [4.78, 5) is 14.2. The fraction of sp³-hybridized carbons (Fsp3) is 0.929. The number of amides is 1. The molecule has 3 nitrogen and oxygen atoms in total. The Balaban J connectivity index is 2.33. The molecule has 0 aromatic carbocycles. The molecule has 1 fully saturated rings. The zero-order valence-corrected chi connectivity index (χ0v) is 11.8. The van der Waals surface area contributed by atoms with E-state index in [0.29, 0.717) is 24.5 Å². The molecule has 1 aliphatic rings. The zero-order valence-electron chi connectivity index (χ0n) is 11.8. The summed E-state index contributed by atoms with van der Waals surface area (Å²) in [6.07, 6.45) is 4.59. The van der Waals surface area contributed by atoms with Crippen LogP contribution in [-0.2, 0) is 4.79 Å². The van der Waals surface area contributed by atoms with E-state index in [-0.39, 0.29) is 5.91 Å². The lowest BCUT2D eigenvalue weighted by molar-refractivity contribution is -0.131. The first-order valence-corrected chi connectivity index (χ1v) is 7.07. The molecule has 0 aromatic heterocycles. The Morgan fingerprint density at radius 1 is 1.35 bits per heavy atom. The maximum atomic E-state index is 12.1. The van der Waals surface area contributed by atoms with Gasteiger partial charge in [-0.1, -0.05) is 20.8 Å². The van der Waals surface area contributed by atoms with Crippen LogP contribution < -0.4 is 5.32 Å². The number of carbonyl (C=O) groups is 1. The van der Waals surface area contributed by atoms with E-state index in [1.54, 1.807) is 0 Å². The van der Waals surface area contributed by atoms with Crippen molar-refractivity contribution in [1.82, 2.24) is 10.2 Å². The molecule has 0 heterocycles. The molecule has 0 aromatic rings. The van der Waals surface area contributed by atoms with E-state index in [0.717, 1.165) is 19.4 Å². The van der Waals surface area contributed by atoms with Gasteiger partial charge in [-0.25, -0.2) is 0 Å². The molecule has 0 bridgehead atoms. The van der Waals surface area contributed by atoms with Gasteiger partial charge in [0.1, 0.15) is 0 Å². The van der Waals surface area contributed by atoms with Crippen molar-refractivity contribution in [3.63, 3.8) is 0 Å². The molecule has 0 spiro atoms. The van der Waals surface area contributed by atoms with Gasteiger partial charge in [0.25, 0.3) is 0 Å². The second-order valence-corrected chi connectivity index (χ2v) is 5.69. The number of carbonyl (C=O) groups excluding carboxylic acids is 1. The molecule has 1 unspecified atom stereocenters. The minimum Gasteiger partial charge on any atom is -0.339 e. The third-order valence-corrected chi connectivity index (χ3v) is 3.47. The summed E-state index contributed by atoms with van der Waals surface area (Å²) in [7, 11) is 0. The van der Waals surface area contributed by atoms with Crippen LogP contribution in [0.3, 0.4) is 0 Å². The van der Waals surface area contributed by atoms with Gasteiger partial charge in [0.15, 0.2) is 0 Å². The summed E-state index contributed by atoms with van der Waals surface area (Å²) >= 11 is 0. The lowest BCUT2D eigenvalue weighted by Gasteiger charge is -2.24. The highest BCUT2D eigenvalue weighted by atomic mass is 16.2. The van der Waals surface area contributed by atoms with E-state index in [1.807, 2.05) is 0 Å². The summed E-state index contributed by atoms with van der Waals surface area (Å²) in [5.74, 6) is 0.958. The normalized spacial score (nSPS) is 17.2. The van der Waals surface area contributed by atoms with Gasteiger partial charge in [0.05, 0.1) is 6.54 Å². The quantitative estimate of drug-likeness (QED) is 0.706. The number of hydrogen-bond donors (Lipinski definition) is 1. The molecule has 0 aliphatic heterocycles. The third kappa shape index (κ3) is 5.53. The van der Waals surface area contributed by atoms with Crippen LogP contribution in [0.4, 0.5) is 0 Å². The smallest absolute Gasteiger partial charge is 0.236 e. The minimum absolute atomic E-state index is 0.286. The predicted molar refractivity (Wildman–Crippen MR) is 71.9 cm³/mol. The van der Waals surface area contributed by atoms with E-state index in [9.17, 15) is 4.79 Å². The number of rotatable bonds is 8. The summed E-state index contributed by atoms with van der Waals surface area (Å²) in [6.45, 7) is 10.1. The monoisotopic (exact) mass is 240 g/mol. The van der Waals surface area contributed by atoms with Crippen molar-refractivity contribution in [1.29, 1.82) is 0 Å². The van der Waals surface area contributed by atoms with Crippen LogP contribution in [0.1, 0.15) is 53.4 Å². The molecule has 3 heteroatoms. The molecule has 1 N–H and O–H groups in total. The van der Waals surface area contributed by atoms with Gasteiger partial charge < -0.3 is 10.2 Å². The number of nitrogens with zero attached hydrogens (tertiary/aromatic N) is 1. The molecule has 1 rings (SSSR count). The largest absolute Gasteiger partial charge is 0.339 e. The molecule has 0 radical (unpaired) electrons. The second kappa shape index (κ2) is 7.00. The van der Waals surface area contributed by atoms with Crippen LogP contribution in [0, 0.1) is 5.92 Å². The first-order valence-electron chi connectivity index (χ1n) is 7.07. The number of hydrogen-bond acceptors (Lipinski definition) is 2. The Kier molecular flexibility index (Phi) is 5.96. The van der Waals surface area contributed by atoms with E-state index < -0.39 is 0 Å². The standard InChI is InChI=1S/C14H28N2O/c1-5-12(4)15-10-14(17)16(13-6-7-13)9-8-11(2)3/h11-13,15H,5-10H2,1-4H3. The lowest BCUT2D eigenvalue weighted by Crippen LogP contribution is -2.42. The predicted octanol–water partition coefficient (Wildman–Crippen LogP) is 2.41. The fourth-order valence-electron chi connectivity index (χ4n) is 1.80. The summed E-state index contributed by atoms with van der Waals surface area (Å²) in [5, 5.41) is 3.29. The highest BCUT2D eigenvalue weighted by Gasteiger charge is 2.31. The average molecular weight is 240 g/mol. The van der Waals surface area contributed by atoms with Crippen LogP contribution in [0.5, 0.6) is 0 Å². The van der Waals surface area contributed by atoms with Crippen molar-refractivity contribution in [2.75, 3.05) is 13.1 Å². The maximum absolute atomic E-state index is 12.1. The summed E-state index contributed by atoms with van der Waals surface area (Å²) < 4.78 is 0. The van der Waals surface area contributed by atoms with Crippen LogP contribution in [0.2, 0.25) is 0 Å². The topological polar surface area (TPSA) is 32.3 Å². The van der Waals surface area contributed by atoms with Gasteiger partial charge in [-0.15, -0.1) is 0 Å². The molecule has 1 amide bonds. The van der Waals surface area contributed by atoms with Crippen molar-refractivity contribution in [2.45, 2.75) is 65.5 Å². The highest BCUT2D eigenvalue weighted by molar-refractivity contribution is 5.79. The van der Waals surface area contributed by atoms with Crippen LogP contribution in [-0.4, -0.2) is 36.0 Å². The van der Waals surface area contributed by atoms with Gasteiger partial charge in [-0.2, -0.15) is 0 Å². The lowest BCUT2D eigenvalue weighted by atomic mass is 10.1. The molecule has 1 aliphatic carbocycles. The van der Waals surface area contributed by atoms with Crippen molar-refractivity contribution in [3.05, 3.63) is 0 Å². The fourth-order valence-corrected chi connectivity index (χ4v) is 1.80. The Hall–Kier alpha value is -0.570. The molecule has 0 saturated heterocycles. The Bertz CT molecular complexity index is 236. The number of nitrogens with one attached hydrogen (secondary N) is 1. The molecule has 17 heavy (non-hydrogen) atoms. The Labute approximate surface area is 106 Å². The van der Waals surface area contributed by atoms with E-state index in [2.05, 4.69) is 37.9 Å². The SMILES string of the molecule is CCC(C)NCC(=O)N(CCC(C)C)C1CC1. The van der Waals surface area contributed by atoms with Crippen LogP contribution >= 0.6 is 0 Å². The van der Waals surface area contributed by atoms with Gasteiger partial charge in [0.2, 0.25) is 5.91 Å². The third-order valence-electron chi connectivity index (χ3n) is 3.47. The molecule has 100 valence electrons. The van der Waals surface area contributed by atoms with Gasteiger partial charge in [-0.3, -0.25) is 4.79 Å². The molecular weight excluding hydrogens is 212 g/mol. The Morgan fingerprint density at radius 2 is 2.00 bits per heavy atom. The molecule has 1 atom stereocenters. The molecular formula is C14H28N2O. The zero-order chi connectivity index (χ0) is 12.8. The minimum atomic E-state index is 0.286. The van der Waals surface area contributed by atoms with Gasteiger partial charge >= 0.3 is 0 Å². The summed E-state index contributed by atoms with van der Waals surface area (Å²) in [5.41, 5.74) is 0. The van der Waals surface area contributed by atoms with Crippen molar-refractivity contribution in [2.24, 2.45) is 5.92 Å². The van der Waals surface area contributed by atoms with Gasteiger partial charge in [0, 0.05) is 18.6 Å². The van der Waals surface area contributed by atoms with Crippen LogP contribution in [0.15, 0.2) is 0 Å². The van der Waals surface area contributed by atoms with Gasteiger partial charge in [-0.05, 0) is 38.5 Å². The van der Waals surface area contributed by atoms with Crippen molar-refractivity contribution < 1.29 is 4.79 Å². The van der Waals surface area contributed by atoms with Crippen LogP contribution in [0.25, 0.3) is 0 Å². The highest BCUT2D eigenvalue weighted by Crippen LogP contribution is 2.27. The summed E-state index contributed by atoms with van der Waals surface area (Å²) in [6, 6.07) is 0.977. The van der Waals surface area contributed by atoms with E-state index in [4.69, 9.17) is 0 Å². The first-order chi connectivity index (χ1) is 8.04. The van der Waals surface area contributed by atoms with E-state index in [1.165, 1.54) is 12.8 Å². The van der Waals surface area contributed by atoms with E-state index >= 15 is 0 Å². The first kappa shape index (κ1) is 14.5. The average Bonchev–Trinajstić information content (AvgIpc) is 3.09. The second-order valence-electron chi connectivity index (χ2n) is 5.69. The van der Waals surface area contributed by atoms with Crippen molar-refractivity contribution >= 4 is 5.91 Å².